The Bertz CT molecular complexity index is 186. The first kappa shape index (κ1) is 10.9. The van der Waals surface area contributed by atoms with Gasteiger partial charge in [-0.05, 0) is 18.6 Å². The molecule has 4 heteroatoms. The number of thioether (sulfide) groups is 1. The molecule has 1 aliphatic rings. The lowest BCUT2D eigenvalue weighted by atomic mass is 10.1. The average Bonchev–Trinajstić information content (AvgIpc) is 2.50. The van der Waals surface area contributed by atoms with Crippen molar-refractivity contribution in [3.05, 3.63) is 0 Å². The van der Waals surface area contributed by atoms with Crippen LogP contribution in [0, 0.1) is 5.92 Å². The maximum Gasteiger partial charge on any atom is 0.249 e. The zero-order valence-corrected chi connectivity index (χ0v) is 9.19. The van der Waals surface area contributed by atoms with Gasteiger partial charge in [0.25, 0.3) is 0 Å². The van der Waals surface area contributed by atoms with Gasteiger partial charge in [0.1, 0.15) is 6.10 Å². The molecule has 3 nitrogen and oxygen atoms in total. The fraction of sp³-hybridized carbons (Fsp3) is 0.889. The predicted molar refractivity (Wildman–Crippen MR) is 54.9 cm³/mol. The summed E-state index contributed by atoms with van der Waals surface area (Å²) < 4.78 is 4.94. The van der Waals surface area contributed by atoms with E-state index in [2.05, 4.69) is 12.2 Å². The second kappa shape index (κ2) is 4.86. The largest absolute Gasteiger partial charge is 0.372 e. The van der Waals surface area contributed by atoms with Gasteiger partial charge in [0, 0.05) is 18.9 Å². The molecule has 3 unspecified atom stereocenters. The molecular formula is C9H17NO2S. The molecule has 1 rings (SSSR count). The molecule has 0 bridgehead atoms. The highest BCUT2D eigenvalue weighted by Gasteiger charge is 2.26. The van der Waals surface area contributed by atoms with Crippen molar-refractivity contribution in [2.45, 2.75) is 26.0 Å². The Morgan fingerprint density at radius 3 is 2.77 bits per heavy atom. The number of hydrogen-bond donors (Lipinski definition) is 1. The van der Waals surface area contributed by atoms with Crippen molar-refractivity contribution in [1.82, 2.24) is 5.32 Å². The highest BCUT2D eigenvalue weighted by atomic mass is 32.2. The number of nitrogens with one attached hydrogen (secondary N) is 1. The molecule has 1 saturated heterocycles. The van der Waals surface area contributed by atoms with Crippen LogP contribution in [0.25, 0.3) is 0 Å². The summed E-state index contributed by atoms with van der Waals surface area (Å²) >= 11 is 1.90. The van der Waals surface area contributed by atoms with E-state index < -0.39 is 0 Å². The van der Waals surface area contributed by atoms with Crippen molar-refractivity contribution in [2.75, 3.05) is 18.6 Å². The summed E-state index contributed by atoms with van der Waals surface area (Å²) in [6.45, 7) is 3.94. The summed E-state index contributed by atoms with van der Waals surface area (Å²) in [6, 6.07) is 0.329. The highest BCUT2D eigenvalue weighted by molar-refractivity contribution is 7.99. The third-order valence-corrected chi connectivity index (χ3v) is 3.77. The minimum Gasteiger partial charge on any atom is -0.372 e. The molecule has 0 saturated carbocycles. The maximum absolute atomic E-state index is 11.4. The second-order valence-corrected chi connectivity index (χ2v) is 4.58. The topological polar surface area (TPSA) is 38.3 Å². The SMILES string of the molecule is COC(C)C(=O)NC1CSCC1C. The fourth-order valence-electron chi connectivity index (χ4n) is 1.25. The van der Waals surface area contributed by atoms with E-state index in [0.717, 1.165) is 11.5 Å². The van der Waals surface area contributed by atoms with Crippen LogP contribution in [-0.2, 0) is 9.53 Å². The molecule has 1 heterocycles. The fourth-order valence-corrected chi connectivity index (χ4v) is 2.66. The molecule has 3 atom stereocenters. The normalized spacial score (nSPS) is 30.1. The molecule has 1 aliphatic heterocycles. The van der Waals surface area contributed by atoms with Crippen LogP contribution in [0.1, 0.15) is 13.8 Å². The van der Waals surface area contributed by atoms with Crippen LogP contribution in [0.15, 0.2) is 0 Å². The van der Waals surface area contributed by atoms with Crippen molar-refractivity contribution in [3.63, 3.8) is 0 Å². The summed E-state index contributed by atoms with van der Waals surface area (Å²) in [5.74, 6) is 2.76. The molecule has 0 spiro atoms. The van der Waals surface area contributed by atoms with Gasteiger partial charge in [-0.25, -0.2) is 0 Å². The predicted octanol–water partition coefficient (Wildman–Crippen LogP) is 0.889. The summed E-state index contributed by atoms with van der Waals surface area (Å²) in [5.41, 5.74) is 0. The van der Waals surface area contributed by atoms with Gasteiger partial charge in [-0.2, -0.15) is 11.8 Å². The first-order valence-electron chi connectivity index (χ1n) is 4.56. The Kier molecular flexibility index (Phi) is 4.06. The Morgan fingerprint density at radius 1 is 1.62 bits per heavy atom. The van der Waals surface area contributed by atoms with Gasteiger partial charge in [0.2, 0.25) is 5.91 Å². The summed E-state index contributed by atoms with van der Waals surface area (Å²) in [4.78, 5) is 11.4. The third kappa shape index (κ3) is 2.88. The number of hydrogen-bond acceptors (Lipinski definition) is 3. The molecule has 0 radical (unpaired) electrons. The number of carbonyl (C=O) groups excluding carboxylic acids is 1. The smallest absolute Gasteiger partial charge is 0.249 e. The maximum atomic E-state index is 11.4. The van der Waals surface area contributed by atoms with Crippen LogP contribution < -0.4 is 5.32 Å². The zero-order chi connectivity index (χ0) is 9.84. The monoisotopic (exact) mass is 203 g/mol. The van der Waals surface area contributed by atoms with Gasteiger partial charge in [-0.15, -0.1) is 0 Å². The number of ether oxygens (including phenoxy) is 1. The molecule has 1 amide bonds. The Balaban J connectivity index is 2.35. The number of methoxy groups -OCH3 is 1. The van der Waals surface area contributed by atoms with Gasteiger partial charge in [-0.3, -0.25) is 4.79 Å². The van der Waals surface area contributed by atoms with Crippen LogP contribution in [0.3, 0.4) is 0 Å². The van der Waals surface area contributed by atoms with Crippen molar-refractivity contribution >= 4 is 17.7 Å². The Morgan fingerprint density at radius 2 is 2.31 bits per heavy atom. The van der Waals surface area contributed by atoms with E-state index in [-0.39, 0.29) is 12.0 Å². The van der Waals surface area contributed by atoms with E-state index >= 15 is 0 Å². The van der Waals surface area contributed by atoms with Gasteiger partial charge in [0.05, 0.1) is 0 Å². The van der Waals surface area contributed by atoms with Crippen LogP contribution >= 0.6 is 11.8 Å². The third-order valence-electron chi connectivity index (χ3n) is 2.42. The van der Waals surface area contributed by atoms with E-state index in [0.29, 0.717) is 12.0 Å². The van der Waals surface area contributed by atoms with Gasteiger partial charge in [0.15, 0.2) is 0 Å². The highest BCUT2D eigenvalue weighted by Crippen LogP contribution is 2.23. The number of rotatable bonds is 3. The quantitative estimate of drug-likeness (QED) is 0.740. The van der Waals surface area contributed by atoms with E-state index in [1.54, 1.807) is 14.0 Å². The average molecular weight is 203 g/mol. The number of amides is 1. The van der Waals surface area contributed by atoms with Crippen LogP contribution in [-0.4, -0.2) is 36.7 Å². The standard InChI is InChI=1S/C9H17NO2S/c1-6-4-13-5-8(6)10-9(11)7(2)12-3/h6-8H,4-5H2,1-3H3,(H,10,11). The lowest BCUT2D eigenvalue weighted by Crippen LogP contribution is -2.43. The minimum atomic E-state index is -0.335. The molecule has 0 aromatic heterocycles. The second-order valence-electron chi connectivity index (χ2n) is 3.51. The lowest BCUT2D eigenvalue weighted by Gasteiger charge is -2.18. The summed E-state index contributed by atoms with van der Waals surface area (Å²) in [6.07, 6.45) is -0.335. The summed E-state index contributed by atoms with van der Waals surface area (Å²) in [5, 5.41) is 2.99. The van der Waals surface area contributed by atoms with Crippen molar-refractivity contribution in [2.24, 2.45) is 5.92 Å². The molecule has 1 N–H and O–H groups in total. The molecule has 0 aromatic rings. The first-order valence-corrected chi connectivity index (χ1v) is 5.71. The van der Waals surface area contributed by atoms with Gasteiger partial charge in [-0.1, -0.05) is 6.92 Å². The molecule has 0 aromatic carbocycles. The van der Waals surface area contributed by atoms with E-state index in [9.17, 15) is 4.79 Å². The molecule has 76 valence electrons. The molecule has 0 aliphatic carbocycles. The Labute approximate surface area is 83.6 Å². The lowest BCUT2D eigenvalue weighted by molar-refractivity contribution is -0.130. The molecule has 13 heavy (non-hydrogen) atoms. The van der Waals surface area contributed by atoms with Crippen molar-refractivity contribution in [1.29, 1.82) is 0 Å². The number of carbonyl (C=O) groups is 1. The zero-order valence-electron chi connectivity index (χ0n) is 8.37. The van der Waals surface area contributed by atoms with Crippen molar-refractivity contribution in [3.8, 4) is 0 Å². The van der Waals surface area contributed by atoms with E-state index in [1.165, 1.54) is 0 Å². The van der Waals surface area contributed by atoms with Crippen LogP contribution in [0.4, 0.5) is 0 Å². The minimum absolute atomic E-state index is 0.00171. The van der Waals surface area contributed by atoms with E-state index in [4.69, 9.17) is 4.74 Å². The van der Waals surface area contributed by atoms with Crippen LogP contribution in [0.2, 0.25) is 0 Å². The van der Waals surface area contributed by atoms with E-state index in [1.807, 2.05) is 11.8 Å². The van der Waals surface area contributed by atoms with Crippen LogP contribution in [0.5, 0.6) is 0 Å². The van der Waals surface area contributed by atoms with Crippen molar-refractivity contribution < 1.29 is 9.53 Å². The Hall–Kier alpha value is -0.220. The molecule has 1 fully saturated rings. The molecular weight excluding hydrogens is 186 g/mol. The summed E-state index contributed by atoms with van der Waals surface area (Å²) in [7, 11) is 1.55. The van der Waals surface area contributed by atoms with Gasteiger partial charge >= 0.3 is 0 Å². The van der Waals surface area contributed by atoms with Gasteiger partial charge < -0.3 is 10.1 Å². The first-order chi connectivity index (χ1) is 6.15.